The summed E-state index contributed by atoms with van der Waals surface area (Å²) in [5.74, 6) is 2.25. The van der Waals surface area contributed by atoms with E-state index in [4.69, 9.17) is 28.4 Å². The van der Waals surface area contributed by atoms with Crippen molar-refractivity contribution in [3.63, 3.8) is 0 Å². The number of aliphatic hydroxyl groups is 1. The van der Waals surface area contributed by atoms with Gasteiger partial charge in [0.1, 0.15) is 12.7 Å². The molecule has 332 valence electrons. The molecular formula is C50H68N2O9. The van der Waals surface area contributed by atoms with E-state index in [-0.39, 0.29) is 55.6 Å². The highest BCUT2D eigenvalue weighted by Gasteiger charge is 2.50. The zero-order valence-electron chi connectivity index (χ0n) is 37.2. The van der Waals surface area contributed by atoms with Crippen LogP contribution in [0.5, 0.6) is 23.0 Å². The lowest BCUT2D eigenvalue weighted by Gasteiger charge is -2.37. The Labute approximate surface area is 363 Å². The predicted octanol–water partition coefficient (Wildman–Crippen LogP) is 8.30. The van der Waals surface area contributed by atoms with E-state index in [1.165, 1.54) is 12.8 Å². The van der Waals surface area contributed by atoms with Crippen LogP contribution in [-0.4, -0.2) is 105 Å². The van der Waals surface area contributed by atoms with Crippen LogP contribution in [0.25, 0.3) is 0 Å². The number of methoxy groups -OCH3 is 2. The third-order valence-electron chi connectivity index (χ3n) is 14.4. The van der Waals surface area contributed by atoms with Crippen molar-refractivity contribution in [2.75, 3.05) is 53.5 Å². The first-order valence-corrected chi connectivity index (χ1v) is 22.6. The molecule has 4 fully saturated rings. The van der Waals surface area contributed by atoms with Gasteiger partial charge in [-0.15, -0.1) is 0 Å². The number of carbonyl (C=O) groups excluding carboxylic acids is 2. The summed E-state index contributed by atoms with van der Waals surface area (Å²) in [6.07, 6.45) is 8.30. The topological polar surface area (TPSA) is 116 Å². The summed E-state index contributed by atoms with van der Waals surface area (Å²) in [5, 5.41) is 11.2. The molecular weight excluding hydrogens is 773 g/mol. The van der Waals surface area contributed by atoms with Gasteiger partial charge in [-0.05, 0) is 106 Å². The van der Waals surface area contributed by atoms with Gasteiger partial charge in [0.25, 0.3) is 0 Å². The number of benzene rings is 3. The average Bonchev–Trinajstić information content (AvgIpc) is 4.08. The van der Waals surface area contributed by atoms with Gasteiger partial charge < -0.3 is 38.4 Å². The Morgan fingerprint density at radius 2 is 1.23 bits per heavy atom. The van der Waals surface area contributed by atoms with Crippen LogP contribution >= 0.6 is 0 Å². The number of carbonyl (C=O) groups is 2. The van der Waals surface area contributed by atoms with Crippen LogP contribution in [0.3, 0.4) is 0 Å². The minimum Gasteiger partial charge on any atom is -0.493 e. The summed E-state index contributed by atoms with van der Waals surface area (Å²) in [4.78, 5) is 31.4. The van der Waals surface area contributed by atoms with E-state index >= 15 is 0 Å². The maximum Gasteiger partial charge on any atom is 0.320 e. The van der Waals surface area contributed by atoms with Gasteiger partial charge in [0, 0.05) is 55.4 Å². The molecule has 7 rings (SSSR count). The van der Waals surface area contributed by atoms with Crippen LogP contribution in [0.2, 0.25) is 0 Å². The first-order valence-electron chi connectivity index (χ1n) is 22.6. The summed E-state index contributed by atoms with van der Waals surface area (Å²) in [5.41, 5.74) is 2.09. The van der Waals surface area contributed by atoms with Gasteiger partial charge in [0.2, 0.25) is 0 Å². The number of nitrogens with zero attached hydrogens (tertiary/aromatic N) is 2. The number of aliphatic hydroxyl groups excluding tert-OH is 1. The van der Waals surface area contributed by atoms with E-state index in [2.05, 4.69) is 47.9 Å². The zero-order chi connectivity index (χ0) is 43.1. The average molecular weight is 841 g/mol. The lowest BCUT2D eigenvalue weighted by Crippen LogP contribution is -2.42. The number of ether oxygens (including phenoxy) is 6. The molecule has 0 amide bonds. The minimum atomic E-state index is -0.620. The van der Waals surface area contributed by atoms with Gasteiger partial charge in [-0.25, -0.2) is 0 Å². The molecule has 2 saturated heterocycles. The number of esters is 2. The summed E-state index contributed by atoms with van der Waals surface area (Å²) < 4.78 is 36.5. The number of likely N-dealkylation sites (tertiary alicyclic amines) is 2. The smallest absolute Gasteiger partial charge is 0.320 e. The Bertz CT molecular complexity index is 1930. The van der Waals surface area contributed by atoms with Crippen molar-refractivity contribution in [2.45, 2.75) is 128 Å². The third kappa shape index (κ3) is 10.5. The van der Waals surface area contributed by atoms with E-state index in [1.807, 2.05) is 56.3 Å². The van der Waals surface area contributed by atoms with Gasteiger partial charge in [-0.2, -0.15) is 0 Å². The molecule has 0 radical (unpaired) electrons. The quantitative estimate of drug-likeness (QED) is 0.125. The Balaban J connectivity index is 1.06. The summed E-state index contributed by atoms with van der Waals surface area (Å²) in [6.45, 7) is 11.4. The highest BCUT2D eigenvalue weighted by atomic mass is 16.5. The molecule has 0 spiro atoms. The molecule has 6 atom stereocenters. The summed E-state index contributed by atoms with van der Waals surface area (Å²) in [6, 6.07) is 22.0. The number of hydrogen-bond acceptors (Lipinski definition) is 11. The lowest BCUT2D eigenvalue weighted by atomic mass is 9.72. The SMILES string of the molecule is COc1ccc(C2CN(CC(=O)OC(C)C3(C)CN(CCC(=O)OCc4ccccc4)CC3c3ccc(OC)c(OC4CCCC4)c3)CC2(C)C(C)O)cc1OC1CCCC1. The minimum absolute atomic E-state index is 0.0297. The van der Waals surface area contributed by atoms with Crippen molar-refractivity contribution in [3.8, 4) is 23.0 Å². The Morgan fingerprint density at radius 3 is 1.77 bits per heavy atom. The van der Waals surface area contributed by atoms with Crippen LogP contribution in [-0.2, 0) is 25.7 Å². The van der Waals surface area contributed by atoms with E-state index in [0.29, 0.717) is 44.2 Å². The molecule has 3 aromatic carbocycles. The highest BCUT2D eigenvalue weighted by molar-refractivity contribution is 5.72. The molecule has 4 aliphatic rings. The van der Waals surface area contributed by atoms with Crippen molar-refractivity contribution in [1.29, 1.82) is 0 Å². The van der Waals surface area contributed by atoms with Crippen molar-refractivity contribution in [1.82, 2.24) is 9.80 Å². The summed E-state index contributed by atoms with van der Waals surface area (Å²) >= 11 is 0. The molecule has 3 aromatic rings. The highest BCUT2D eigenvalue weighted by Crippen LogP contribution is 2.49. The standard InChI is InChI=1S/C50H68N2O9/c1-34(53)49(3)32-52(29-41(49)37-20-22-43(56-5)45(26-37)60-39-16-10-11-17-39)30-48(55)59-35(2)50(4)33-51(25-24-47(54)58-31-36-14-8-7-9-15-36)28-42(50)38-21-23-44(57-6)46(27-38)61-40-18-12-13-19-40/h7-9,14-15,20-23,26-27,34-35,39-42,53H,10-13,16-19,24-25,28-33H2,1-6H3. The van der Waals surface area contributed by atoms with Gasteiger partial charge in [0.05, 0.1) is 45.5 Å². The molecule has 6 unspecified atom stereocenters. The van der Waals surface area contributed by atoms with Crippen molar-refractivity contribution < 1.29 is 43.1 Å². The van der Waals surface area contributed by atoms with Crippen molar-refractivity contribution in [3.05, 3.63) is 83.4 Å². The molecule has 11 heteroatoms. The molecule has 2 heterocycles. The van der Waals surface area contributed by atoms with Gasteiger partial charge in [0.15, 0.2) is 23.0 Å². The van der Waals surface area contributed by atoms with Gasteiger partial charge >= 0.3 is 11.9 Å². The van der Waals surface area contributed by atoms with Crippen LogP contribution in [0.1, 0.15) is 114 Å². The largest absolute Gasteiger partial charge is 0.493 e. The van der Waals surface area contributed by atoms with Crippen LogP contribution in [0, 0.1) is 10.8 Å². The molecule has 61 heavy (non-hydrogen) atoms. The molecule has 0 bridgehead atoms. The van der Waals surface area contributed by atoms with Gasteiger partial charge in [-0.3, -0.25) is 14.5 Å². The fourth-order valence-electron chi connectivity index (χ4n) is 10.3. The Morgan fingerprint density at radius 1 is 0.705 bits per heavy atom. The first kappa shape index (κ1) is 44.7. The number of hydrogen-bond donors (Lipinski definition) is 1. The van der Waals surface area contributed by atoms with E-state index in [1.54, 1.807) is 14.2 Å². The second-order valence-corrected chi connectivity index (χ2v) is 18.6. The zero-order valence-corrected chi connectivity index (χ0v) is 37.2. The molecule has 11 nitrogen and oxygen atoms in total. The Kier molecular flexibility index (Phi) is 14.5. The molecule has 2 aliphatic heterocycles. The fraction of sp³-hybridized carbons (Fsp3) is 0.600. The van der Waals surface area contributed by atoms with E-state index in [0.717, 1.165) is 66.7 Å². The molecule has 2 aliphatic carbocycles. The third-order valence-corrected chi connectivity index (χ3v) is 14.4. The maximum absolute atomic E-state index is 14.0. The van der Waals surface area contributed by atoms with E-state index < -0.39 is 23.0 Å². The van der Waals surface area contributed by atoms with Crippen molar-refractivity contribution >= 4 is 11.9 Å². The van der Waals surface area contributed by atoms with Crippen molar-refractivity contribution in [2.24, 2.45) is 10.8 Å². The lowest BCUT2D eigenvalue weighted by molar-refractivity contribution is -0.155. The maximum atomic E-state index is 14.0. The molecule has 0 aromatic heterocycles. The molecule has 1 N–H and O–H groups in total. The van der Waals surface area contributed by atoms with Crippen LogP contribution < -0.4 is 18.9 Å². The molecule has 2 saturated carbocycles. The van der Waals surface area contributed by atoms with Crippen LogP contribution in [0.4, 0.5) is 0 Å². The van der Waals surface area contributed by atoms with Crippen LogP contribution in [0.15, 0.2) is 66.7 Å². The first-order chi connectivity index (χ1) is 29.4. The van der Waals surface area contributed by atoms with E-state index in [9.17, 15) is 14.7 Å². The van der Waals surface area contributed by atoms with Gasteiger partial charge in [-0.1, -0.05) is 56.3 Å². The normalized spacial score (nSPS) is 26.0. The fourth-order valence-corrected chi connectivity index (χ4v) is 10.3. The second-order valence-electron chi connectivity index (χ2n) is 18.6. The Hall–Kier alpha value is -4.32. The monoisotopic (exact) mass is 840 g/mol. The number of rotatable bonds is 18. The predicted molar refractivity (Wildman–Crippen MR) is 234 cm³/mol. The summed E-state index contributed by atoms with van der Waals surface area (Å²) in [7, 11) is 3.33. The second kappa shape index (κ2) is 19.8.